The summed E-state index contributed by atoms with van der Waals surface area (Å²) in [4.78, 5) is 5.62. The number of hydrogen-bond donors (Lipinski definition) is 0. The smallest absolute Gasteiger partial charge is 0.205 e. The van der Waals surface area contributed by atoms with E-state index in [4.69, 9.17) is 0 Å². The highest BCUT2D eigenvalue weighted by Gasteiger charge is 2.09. The summed E-state index contributed by atoms with van der Waals surface area (Å²) >= 11 is 3.41. The van der Waals surface area contributed by atoms with E-state index in [0.717, 1.165) is 10.0 Å². The SMILES string of the molecule is Brc1cccnc1-n1nnc(-c2ccccc2)n1. The van der Waals surface area contributed by atoms with E-state index in [2.05, 4.69) is 36.3 Å². The van der Waals surface area contributed by atoms with E-state index in [-0.39, 0.29) is 0 Å². The van der Waals surface area contributed by atoms with Gasteiger partial charge in [0.05, 0.1) is 4.47 Å². The summed E-state index contributed by atoms with van der Waals surface area (Å²) in [5.41, 5.74) is 0.927. The van der Waals surface area contributed by atoms with Crippen molar-refractivity contribution in [1.29, 1.82) is 0 Å². The Labute approximate surface area is 112 Å². The largest absolute Gasteiger partial charge is 0.235 e. The van der Waals surface area contributed by atoms with Gasteiger partial charge in [0.25, 0.3) is 0 Å². The molecule has 0 spiro atoms. The van der Waals surface area contributed by atoms with Gasteiger partial charge in [-0.1, -0.05) is 30.3 Å². The van der Waals surface area contributed by atoms with E-state index < -0.39 is 0 Å². The number of tetrazole rings is 1. The van der Waals surface area contributed by atoms with Crippen molar-refractivity contribution in [3.05, 3.63) is 53.1 Å². The third kappa shape index (κ3) is 2.02. The molecule has 2 heterocycles. The Hall–Kier alpha value is -2.08. The summed E-state index contributed by atoms with van der Waals surface area (Å²) in [5, 5.41) is 12.3. The summed E-state index contributed by atoms with van der Waals surface area (Å²) in [6.45, 7) is 0. The number of benzene rings is 1. The number of pyridine rings is 1. The Morgan fingerprint density at radius 3 is 2.61 bits per heavy atom. The first-order chi connectivity index (χ1) is 8.84. The fourth-order valence-electron chi connectivity index (χ4n) is 1.53. The molecule has 2 aromatic heterocycles. The van der Waals surface area contributed by atoms with Crippen LogP contribution in [0.5, 0.6) is 0 Å². The minimum absolute atomic E-state index is 0.577. The molecule has 18 heavy (non-hydrogen) atoms. The zero-order chi connectivity index (χ0) is 12.4. The fraction of sp³-hybridized carbons (Fsp3) is 0. The number of nitrogens with zero attached hydrogens (tertiary/aromatic N) is 5. The Bertz CT molecular complexity index is 665. The van der Waals surface area contributed by atoms with Gasteiger partial charge >= 0.3 is 0 Å². The lowest BCUT2D eigenvalue weighted by Gasteiger charge is -1.98. The summed E-state index contributed by atoms with van der Waals surface area (Å²) < 4.78 is 0.821. The highest BCUT2D eigenvalue weighted by molar-refractivity contribution is 9.10. The van der Waals surface area contributed by atoms with Crippen molar-refractivity contribution in [2.75, 3.05) is 0 Å². The normalized spacial score (nSPS) is 10.5. The summed E-state index contributed by atoms with van der Waals surface area (Å²) in [6, 6.07) is 13.4. The second-order valence-corrected chi connectivity index (χ2v) is 4.43. The molecule has 0 saturated carbocycles. The molecule has 0 aliphatic carbocycles. The van der Waals surface area contributed by atoms with E-state index in [1.807, 2.05) is 42.5 Å². The maximum atomic E-state index is 4.31. The highest BCUT2D eigenvalue weighted by atomic mass is 79.9. The zero-order valence-corrected chi connectivity index (χ0v) is 10.8. The second kappa shape index (κ2) is 4.66. The average Bonchev–Trinajstić information content (AvgIpc) is 2.90. The van der Waals surface area contributed by atoms with Gasteiger partial charge in [-0.25, -0.2) is 4.98 Å². The number of rotatable bonds is 2. The average molecular weight is 302 g/mol. The van der Waals surface area contributed by atoms with Crippen LogP contribution in [0.4, 0.5) is 0 Å². The Morgan fingerprint density at radius 1 is 1.00 bits per heavy atom. The van der Waals surface area contributed by atoms with Crippen LogP contribution in [0.25, 0.3) is 17.2 Å². The van der Waals surface area contributed by atoms with Gasteiger partial charge in [0.2, 0.25) is 5.82 Å². The molecular weight excluding hydrogens is 294 g/mol. The topological polar surface area (TPSA) is 56.5 Å². The molecular formula is C12H8BrN5. The zero-order valence-electron chi connectivity index (χ0n) is 9.23. The molecule has 0 N–H and O–H groups in total. The molecule has 0 atom stereocenters. The Morgan fingerprint density at radius 2 is 1.83 bits per heavy atom. The van der Waals surface area contributed by atoms with Gasteiger partial charge in [0.15, 0.2) is 5.82 Å². The van der Waals surface area contributed by atoms with Crippen LogP contribution in [-0.4, -0.2) is 25.2 Å². The molecule has 0 saturated heterocycles. The number of aromatic nitrogens is 5. The van der Waals surface area contributed by atoms with Crippen molar-refractivity contribution >= 4 is 15.9 Å². The first-order valence-corrected chi connectivity index (χ1v) is 6.10. The Balaban J connectivity index is 2.03. The molecule has 0 aliphatic heterocycles. The van der Waals surface area contributed by atoms with Crippen LogP contribution < -0.4 is 0 Å². The summed E-state index contributed by atoms with van der Waals surface area (Å²) in [6.07, 6.45) is 1.69. The van der Waals surface area contributed by atoms with Gasteiger partial charge in [-0.3, -0.25) is 0 Å². The lowest BCUT2D eigenvalue weighted by molar-refractivity contribution is 0.697. The van der Waals surface area contributed by atoms with Crippen molar-refractivity contribution in [2.45, 2.75) is 0 Å². The van der Waals surface area contributed by atoms with Crippen molar-refractivity contribution in [2.24, 2.45) is 0 Å². The van der Waals surface area contributed by atoms with Gasteiger partial charge < -0.3 is 0 Å². The van der Waals surface area contributed by atoms with Crippen LogP contribution in [-0.2, 0) is 0 Å². The quantitative estimate of drug-likeness (QED) is 0.730. The lowest BCUT2D eigenvalue weighted by atomic mass is 10.2. The van der Waals surface area contributed by atoms with E-state index in [1.54, 1.807) is 6.20 Å². The number of hydrogen-bond acceptors (Lipinski definition) is 4. The van der Waals surface area contributed by atoms with E-state index in [9.17, 15) is 0 Å². The molecule has 0 amide bonds. The maximum absolute atomic E-state index is 4.31. The van der Waals surface area contributed by atoms with Crippen molar-refractivity contribution in [3.63, 3.8) is 0 Å². The van der Waals surface area contributed by atoms with E-state index in [1.165, 1.54) is 4.80 Å². The highest BCUT2D eigenvalue weighted by Crippen LogP contribution is 2.18. The monoisotopic (exact) mass is 301 g/mol. The molecule has 0 bridgehead atoms. The van der Waals surface area contributed by atoms with Gasteiger partial charge in [-0.15, -0.1) is 15.0 Å². The molecule has 3 aromatic rings. The molecule has 3 rings (SSSR count). The lowest BCUT2D eigenvalue weighted by Crippen LogP contribution is -2.02. The first kappa shape index (κ1) is 11.0. The maximum Gasteiger partial charge on any atom is 0.205 e. The van der Waals surface area contributed by atoms with Crippen molar-refractivity contribution < 1.29 is 0 Å². The van der Waals surface area contributed by atoms with Gasteiger partial charge in [-0.2, -0.15) is 0 Å². The first-order valence-electron chi connectivity index (χ1n) is 5.31. The molecule has 6 heteroatoms. The minimum Gasteiger partial charge on any atom is -0.235 e. The molecule has 5 nitrogen and oxygen atoms in total. The van der Waals surface area contributed by atoms with Crippen LogP contribution in [0, 0.1) is 0 Å². The number of halogens is 1. The minimum atomic E-state index is 0.577. The predicted molar refractivity (Wildman–Crippen MR) is 70.1 cm³/mol. The van der Waals surface area contributed by atoms with Crippen LogP contribution in [0.3, 0.4) is 0 Å². The molecule has 0 radical (unpaired) electrons. The molecule has 1 aromatic carbocycles. The van der Waals surface area contributed by atoms with Gasteiger partial charge in [-0.05, 0) is 33.3 Å². The molecule has 0 aliphatic rings. The van der Waals surface area contributed by atoms with Gasteiger partial charge in [0.1, 0.15) is 0 Å². The summed E-state index contributed by atoms with van der Waals surface area (Å²) in [5.74, 6) is 1.19. The standard InChI is InChI=1S/C12H8BrN5/c13-10-7-4-8-14-12(10)18-16-11(15-17-18)9-5-2-1-3-6-9/h1-8H. The van der Waals surface area contributed by atoms with Crippen molar-refractivity contribution in [3.8, 4) is 17.2 Å². The third-order valence-corrected chi connectivity index (χ3v) is 2.99. The Kier molecular flexibility index (Phi) is 2.85. The van der Waals surface area contributed by atoms with Crippen LogP contribution in [0.15, 0.2) is 53.1 Å². The molecule has 0 fully saturated rings. The summed E-state index contributed by atoms with van der Waals surface area (Å²) in [7, 11) is 0. The molecule has 0 unspecified atom stereocenters. The van der Waals surface area contributed by atoms with Crippen LogP contribution in [0.1, 0.15) is 0 Å². The predicted octanol–water partition coefficient (Wildman–Crippen LogP) is 2.49. The van der Waals surface area contributed by atoms with Gasteiger partial charge in [0, 0.05) is 11.8 Å². The van der Waals surface area contributed by atoms with E-state index >= 15 is 0 Å². The third-order valence-electron chi connectivity index (χ3n) is 2.37. The second-order valence-electron chi connectivity index (χ2n) is 3.58. The molecule has 88 valence electrons. The van der Waals surface area contributed by atoms with Crippen LogP contribution in [0.2, 0.25) is 0 Å². The van der Waals surface area contributed by atoms with Crippen molar-refractivity contribution in [1.82, 2.24) is 25.2 Å². The van der Waals surface area contributed by atoms with Crippen LogP contribution >= 0.6 is 15.9 Å². The fourth-order valence-corrected chi connectivity index (χ4v) is 1.94. The van der Waals surface area contributed by atoms with E-state index in [0.29, 0.717) is 11.6 Å².